The van der Waals surface area contributed by atoms with E-state index in [1.807, 2.05) is 12.1 Å². The molecule has 0 aromatic heterocycles. The van der Waals surface area contributed by atoms with E-state index in [0.29, 0.717) is 5.56 Å². The van der Waals surface area contributed by atoms with E-state index in [0.717, 1.165) is 18.0 Å². The fourth-order valence-electron chi connectivity index (χ4n) is 1.41. The van der Waals surface area contributed by atoms with Gasteiger partial charge in [-0.1, -0.05) is 12.1 Å². The number of rotatable bonds is 2. The van der Waals surface area contributed by atoms with E-state index in [2.05, 4.69) is 5.32 Å². The standard InChI is InChI=1S/C11H11NO2S/c13-11(14)9-3-1-2-8(4-9)5-10-6-12-7-15-10/h1-5,12H,6-7H2,(H,13,14). The van der Waals surface area contributed by atoms with Crippen LogP contribution in [0.25, 0.3) is 6.08 Å². The highest BCUT2D eigenvalue weighted by Crippen LogP contribution is 2.22. The first kappa shape index (κ1) is 10.3. The molecule has 4 heteroatoms. The highest BCUT2D eigenvalue weighted by atomic mass is 32.2. The zero-order valence-corrected chi connectivity index (χ0v) is 8.88. The number of carboxylic acids is 1. The molecule has 0 radical (unpaired) electrons. The summed E-state index contributed by atoms with van der Waals surface area (Å²) in [5.74, 6) is 0.0530. The van der Waals surface area contributed by atoms with Gasteiger partial charge in [-0.25, -0.2) is 4.79 Å². The van der Waals surface area contributed by atoms with Crippen molar-refractivity contribution in [3.63, 3.8) is 0 Å². The highest BCUT2D eigenvalue weighted by molar-refractivity contribution is 8.03. The second kappa shape index (κ2) is 4.51. The molecule has 0 unspecified atom stereocenters. The molecule has 15 heavy (non-hydrogen) atoms. The summed E-state index contributed by atoms with van der Waals surface area (Å²) in [6.07, 6.45) is 2.02. The maximum atomic E-state index is 10.8. The topological polar surface area (TPSA) is 49.3 Å². The van der Waals surface area contributed by atoms with E-state index < -0.39 is 5.97 Å². The summed E-state index contributed by atoms with van der Waals surface area (Å²) in [6, 6.07) is 6.97. The van der Waals surface area contributed by atoms with Crippen LogP contribution in [0.5, 0.6) is 0 Å². The molecular formula is C11H11NO2S. The van der Waals surface area contributed by atoms with Gasteiger partial charge in [0.05, 0.1) is 5.56 Å². The van der Waals surface area contributed by atoms with Gasteiger partial charge in [0.1, 0.15) is 0 Å². The molecular weight excluding hydrogens is 210 g/mol. The van der Waals surface area contributed by atoms with E-state index in [9.17, 15) is 4.79 Å². The van der Waals surface area contributed by atoms with Crippen LogP contribution in [0, 0.1) is 0 Å². The third-order valence-corrected chi connectivity index (χ3v) is 3.10. The molecule has 1 fully saturated rings. The number of carboxylic acid groups (broad SMARTS) is 1. The molecule has 2 N–H and O–H groups in total. The van der Waals surface area contributed by atoms with Crippen molar-refractivity contribution < 1.29 is 9.90 Å². The Morgan fingerprint density at radius 1 is 1.53 bits per heavy atom. The smallest absolute Gasteiger partial charge is 0.335 e. The number of aromatic carboxylic acids is 1. The van der Waals surface area contributed by atoms with Crippen LogP contribution in [-0.4, -0.2) is 23.5 Å². The number of thioether (sulfide) groups is 1. The lowest BCUT2D eigenvalue weighted by Gasteiger charge is -1.98. The minimum Gasteiger partial charge on any atom is -0.478 e. The van der Waals surface area contributed by atoms with Crippen molar-refractivity contribution in [1.82, 2.24) is 5.32 Å². The number of carbonyl (C=O) groups is 1. The Labute approximate surface area is 92.2 Å². The third-order valence-electron chi connectivity index (χ3n) is 2.12. The van der Waals surface area contributed by atoms with Crippen molar-refractivity contribution in [2.24, 2.45) is 0 Å². The summed E-state index contributed by atoms with van der Waals surface area (Å²) in [4.78, 5) is 12.0. The van der Waals surface area contributed by atoms with Crippen LogP contribution in [0.1, 0.15) is 15.9 Å². The number of nitrogens with one attached hydrogen (secondary N) is 1. The lowest BCUT2D eigenvalue weighted by molar-refractivity contribution is 0.0697. The normalized spacial score (nSPS) is 18.3. The van der Waals surface area contributed by atoms with Crippen LogP contribution >= 0.6 is 11.8 Å². The zero-order chi connectivity index (χ0) is 10.7. The first-order chi connectivity index (χ1) is 7.25. The maximum Gasteiger partial charge on any atom is 0.335 e. The predicted octanol–water partition coefficient (Wildman–Crippen LogP) is 2.02. The first-order valence-corrected chi connectivity index (χ1v) is 5.62. The molecule has 0 amide bonds. The SMILES string of the molecule is O=C(O)c1cccc(C=C2CNCS2)c1. The van der Waals surface area contributed by atoms with Gasteiger partial charge in [0.15, 0.2) is 0 Å². The molecule has 1 aromatic rings. The van der Waals surface area contributed by atoms with Gasteiger partial charge in [-0.05, 0) is 23.8 Å². The van der Waals surface area contributed by atoms with Crippen molar-refractivity contribution in [3.05, 3.63) is 40.3 Å². The molecule has 0 bridgehead atoms. The van der Waals surface area contributed by atoms with Gasteiger partial charge in [-0.15, -0.1) is 11.8 Å². The fourth-order valence-corrected chi connectivity index (χ4v) is 2.22. The summed E-state index contributed by atoms with van der Waals surface area (Å²) >= 11 is 1.75. The zero-order valence-electron chi connectivity index (χ0n) is 8.06. The Morgan fingerprint density at radius 2 is 2.40 bits per heavy atom. The molecule has 0 spiro atoms. The van der Waals surface area contributed by atoms with E-state index in [4.69, 9.17) is 5.11 Å². The summed E-state index contributed by atoms with van der Waals surface area (Å²) in [5, 5.41) is 12.0. The van der Waals surface area contributed by atoms with Crippen LogP contribution in [0.3, 0.4) is 0 Å². The van der Waals surface area contributed by atoms with Crippen LogP contribution in [-0.2, 0) is 0 Å². The lowest BCUT2D eigenvalue weighted by Crippen LogP contribution is -2.04. The second-order valence-electron chi connectivity index (χ2n) is 3.26. The molecule has 3 nitrogen and oxygen atoms in total. The monoisotopic (exact) mass is 221 g/mol. The number of hydrogen-bond donors (Lipinski definition) is 2. The minimum absolute atomic E-state index is 0.334. The summed E-state index contributed by atoms with van der Waals surface area (Å²) in [7, 11) is 0. The van der Waals surface area contributed by atoms with Gasteiger partial charge in [0.2, 0.25) is 0 Å². The molecule has 1 aliphatic rings. The Morgan fingerprint density at radius 3 is 3.07 bits per heavy atom. The third kappa shape index (κ3) is 2.61. The van der Waals surface area contributed by atoms with Gasteiger partial charge >= 0.3 is 5.97 Å². The Hall–Kier alpha value is -1.26. The Balaban J connectivity index is 2.24. The van der Waals surface area contributed by atoms with Crippen molar-refractivity contribution >= 4 is 23.8 Å². The molecule has 78 valence electrons. The summed E-state index contributed by atoms with van der Waals surface area (Å²) in [6.45, 7) is 0.877. The summed E-state index contributed by atoms with van der Waals surface area (Å²) in [5.41, 5.74) is 1.28. The average molecular weight is 221 g/mol. The fraction of sp³-hybridized carbons (Fsp3) is 0.182. The van der Waals surface area contributed by atoms with Gasteiger partial charge in [-0.2, -0.15) is 0 Å². The molecule has 1 saturated heterocycles. The van der Waals surface area contributed by atoms with Gasteiger partial charge < -0.3 is 10.4 Å². The number of benzene rings is 1. The Kier molecular flexibility index (Phi) is 3.08. The lowest BCUT2D eigenvalue weighted by atomic mass is 10.1. The van der Waals surface area contributed by atoms with E-state index in [1.54, 1.807) is 30.0 Å². The Bertz CT molecular complexity index is 407. The van der Waals surface area contributed by atoms with E-state index in [-0.39, 0.29) is 0 Å². The molecule has 2 rings (SSSR count). The second-order valence-corrected chi connectivity index (χ2v) is 4.36. The highest BCUT2D eigenvalue weighted by Gasteiger charge is 2.07. The van der Waals surface area contributed by atoms with Gasteiger partial charge in [0, 0.05) is 17.3 Å². The largest absolute Gasteiger partial charge is 0.478 e. The van der Waals surface area contributed by atoms with Crippen LogP contribution < -0.4 is 5.32 Å². The molecule has 0 saturated carbocycles. The summed E-state index contributed by atoms with van der Waals surface area (Å²) < 4.78 is 0. The quantitative estimate of drug-likeness (QED) is 0.802. The molecule has 1 heterocycles. The van der Waals surface area contributed by atoms with Gasteiger partial charge in [-0.3, -0.25) is 0 Å². The minimum atomic E-state index is -0.882. The van der Waals surface area contributed by atoms with Crippen molar-refractivity contribution in [1.29, 1.82) is 0 Å². The van der Waals surface area contributed by atoms with Crippen LogP contribution in [0.2, 0.25) is 0 Å². The van der Waals surface area contributed by atoms with E-state index >= 15 is 0 Å². The van der Waals surface area contributed by atoms with Crippen molar-refractivity contribution in [2.45, 2.75) is 0 Å². The first-order valence-electron chi connectivity index (χ1n) is 4.63. The molecule has 1 aromatic carbocycles. The average Bonchev–Trinajstić information content (AvgIpc) is 2.71. The maximum absolute atomic E-state index is 10.8. The van der Waals surface area contributed by atoms with Crippen molar-refractivity contribution in [3.8, 4) is 0 Å². The molecule has 0 atom stereocenters. The molecule has 1 aliphatic heterocycles. The number of hydrogen-bond acceptors (Lipinski definition) is 3. The van der Waals surface area contributed by atoms with Crippen molar-refractivity contribution in [2.75, 3.05) is 12.4 Å². The van der Waals surface area contributed by atoms with E-state index in [1.165, 1.54) is 4.91 Å². The molecule has 0 aliphatic carbocycles. The van der Waals surface area contributed by atoms with Gasteiger partial charge in [0.25, 0.3) is 0 Å². The van der Waals surface area contributed by atoms with Crippen LogP contribution in [0.15, 0.2) is 29.2 Å². The predicted molar refractivity (Wildman–Crippen MR) is 61.8 cm³/mol. The van der Waals surface area contributed by atoms with Crippen LogP contribution in [0.4, 0.5) is 0 Å².